The second-order valence-electron chi connectivity index (χ2n) is 6.20. The highest BCUT2D eigenvalue weighted by Crippen LogP contribution is 2.28. The van der Waals surface area contributed by atoms with Crippen molar-refractivity contribution in [3.8, 4) is 0 Å². The molecule has 0 radical (unpaired) electrons. The van der Waals surface area contributed by atoms with Gasteiger partial charge in [0.1, 0.15) is 0 Å². The summed E-state index contributed by atoms with van der Waals surface area (Å²) in [5, 5.41) is 1.99. The van der Waals surface area contributed by atoms with Crippen LogP contribution < -0.4 is 5.73 Å². The zero-order valence-corrected chi connectivity index (χ0v) is 13.9. The van der Waals surface area contributed by atoms with Gasteiger partial charge in [-0.05, 0) is 11.8 Å². The molecule has 116 valence electrons. The summed E-state index contributed by atoms with van der Waals surface area (Å²) in [7, 11) is 0. The van der Waals surface area contributed by atoms with Gasteiger partial charge in [-0.1, -0.05) is 13.8 Å². The van der Waals surface area contributed by atoms with E-state index < -0.39 is 0 Å². The lowest BCUT2D eigenvalue weighted by Crippen LogP contribution is -2.54. The number of piperidine rings is 1. The predicted molar refractivity (Wildman–Crippen MR) is 87.0 cm³/mol. The molecule has 21 heavy (non-hydrogen) atoms. The van der Waals surface area contributed by atoms with Crippen molar-refractivity contribution in [2.75, 3.05) is 13.1 Å². The number of halogens is 1. The third kappa shape index (κ3) is 3.22. The fraction of sp³-hybridized carbons (Fsp3) is 0.571. The second kappa shape index (κ2) is 5.94. The van der Waals surface area contributed by atoms with Gasteiger partial charge in [-0.25, -0.2) is 4.98 Å². The van der Waals surface area contributed by atoms with Crippen molar-refractivity contribution in [3.63, 3.8) is 0 Å². The number of fused-ring (bicyclic) bond motifs is 1. The van der Waals surface area contributed by atoms with E-state index in [2.05, 4.69) is 18.8 Å². The molecule has 2 aromatic rings. The highest BCUT2D eigenvalue weighted by Gasteiger charge is 2.35. The van der Waals surface area contributed by atoms with Crippen molar-refractivity contribution >= 4 is 34.6 Å². The van der Waals surface area contributed by atoms with Crippen LogP contribution in [0.5, 0.6) is 0 Å². The molecular weight excluding hydrogens is 308 g/mol. The maximum atomic E-state index is 12.4. The molecule has 5 nitrogen and oxygen atoms in total. The number of aromatic nitrogens is 2. The lowest BCUT2D eigenvalue weighted by molar-refractivity contribution is -0.133. The van der Waals surface area contributed by atoms with Crippen LogP contribution in [-0.4, -0.2) is 39.3 Å². The molecule has 1 unspecified atom stereocenters. The Morgan fingerprint density at radius 2 is 2.33 bits per heavy atom. The van der Waals surface area contributed by atoms with E-state index in [1.54, 1.807) is 11.3 Å². The minimum absolute atomic E-state index is 0. The van der Waals surface area contributed by atoms with Crippen LogP contribution in [0.25, 0.3) is 4.96 Å². The number of hydrogen-bond donors (Lipinski definition) is 1. The molecule has 7 heteroatoms. The van der Waals surface area contributed by atoms with E-state index in [4.69, 9.17) is 5.73 Å². The van der Waals surface area contributed by atoms with Crippen LogP contribution in [-0.2, 0) is 11.2 Å². The molecule has 0 aromatic carbocycles. The Morgan fingerprint density at radius 1 is 1.57 bits per heavy atom. The van der Waals surface area contributed by atoms with Gasteiger partial charge in [0.05, 0.1) is 12.1 Å². The first-order valence-electron chi connectivity index (χ1n) is 6.90. The minimum atomic E-state index is -0.0115. The summed E-state index contributed by atoms with van der Waals surface area (Å²) in [5.41, 5.74) is 6.94. The first-order valence-corrected chi connectivity index (χ1v) is 7.78. The van der Waals surface area contributed by atoms with E-state index in [9.17, 15) is 4.79 Å². The summed E-state index contributed by atoms with van der Waals surface area (Å²) in [6.07, 6.45) is 5.14. The number of thiazole rings is 1. The zero-order valence-electron chi connectivity index (χ0n) is 12.3. The number of likely N-dealkylation sites (tertiary alicyclic amines) is 1. The average Bonchev–Trinajstić information content (AvgIpc) is 2.93. The normalized spacial score (nSPS) is 21.3. The minimum Gasteiger partial charge on any atom is -0.342 e. The van der Waals surface area contributed by atoms with Crippen molar-refractivity contribution in [1.29, 1.82) is 0 Å². The molecule has 3 rings (SSSR count). The fourth-order valence-electron chi connectivity index (χ4n) is 2.71. The molecular formula is C14H21ClN4OS. The number of rotatable bonds is 2. The Bertz CT molecular complexity index is 607. The molecule has 1 atom stereocenters. The molecule has 1 aliphatic rings. The largest absolute Gasteiger partial charge is 0.342 e. The number of hydrogen-bond acceptors (Lipinski definition) is 4. The standard InChI is InChI=1S/C14H20N4OS.ClH/c1-14(2)9-18(4-3-11(14)15)12(19)7-10-8-17-5-6-20-13(17)16-10;/h5-6,8,11H,3-4,7,9,15H2,1-2H3;1H. The number of nitrogens with zero attached hydrogens (tertiary/aromatic N) is 3. The molecule has 3 heterocycles. The van der Waals surface area contributed by atoms with E-state index >= 15 is 0 Å². The lowest BCUT2D eigenvalue weighted by Gasteiger charge is -2.42. The van der Waals surface area contributed by atoms with Gasteiger partial charge >= 0.3 is 0 Å². The number of imidazole rings is 1. The smallest absolute Gasteiger partial charge is 0.228 e. The van der Waals surface area contributed by atoms with Gasteiger partial charge in [-0.2, -0.15) is 0 Å². The van der Waals surface area contributed by atoms with Gasteiger partial charge in [-0.3, -0.25) is 9.20 Å². The quantitative estimate of drug-likeness (QED) is 0.916. The van der Waals surface area contributed by atoms with Crippen LogP contribution in [0.3, 0.4) is 0 Å². The van der Waals surface area contributed by atoms with Crippen molar-refractivity contribution in [2.45, 2.75) is 32.7 Å². The van der Waals surface area contributed by atoms with Crippen LogP contribution in [0.1, 0.15) is 26.0 Å². The second-order valence-corrected chi connectivity index (χ2v) is 7.07. The molecule has 1 amide bonds. The maximum Gasteiger partial charge on any atom is 0.228 e. The van der Waals surface area contributed by atoms with E-state index in [-0.39, 0.29) is 29.8 Å². The van der Waals surface area contributed by atoms with E-state index in [0.29, 0.717) is 6.42 Å². The molecule has 2 N–H and O–H groups in total. The number of nitrogens with two attached hydrogens (primary N) is 1. The Balaban J connectivity index is 0.00000161. The Kier molecular flexibility index (Phi) is 4.60. The first kappa shape index (κ1) is 16.3. The van der Waals surface area contributed by atoms with Crippen molar-refractivity contribution in [3.05, 3.63) is 23.5 Å². The number of carbonyl (C=O) groups is 1. The SMILES string of the molecule is CC1(C)CN(C(=O)Cc2cn3ccsc3n2)CCC1N.Cl. The van der Waals surface area contributed by atoms with Crippen LogP contribution in [0.4, 0.5) is 0 Å². The van der Waals surface area contributed by atoms with Crippen molar-refractivity contribution < 1.29 is 4.79 Å². The summed E-state index contributed by atoms with van der Waals surface area (Å²) in [4.78, 5) is 19.7. The molecule has 1 saturated heterocycles. The van der Waals surface area contributed by atoms with Crippen LogP contribution in [0.2, 0.25) is 0 Å². The third-order valence-electron chi connectivity index (χ3n) is 4.14. The molecule has 1 aliphatic heterocycles. The third-order valence-corrected chi connectivity index (χ3v) is 4.91. The summed E-state index contributed by atoms with van der Waals surface area (Å²) < 4.78 is 1.96. The molecule has 0 spiro atoms. The first-order chi connectivity index (χ1) is 9.45. The monoisotopic (exact) mass is 328 g/mol. The average molecular weight is 329 g/mol. The Morgan fingerprint density at radius 3 is 3.00 bits per heavy atom. The Hall–Kier alpha value is -1.11. The van der Waals surface area contributed by atoms with Gasteiger partial charge in [-0.15, -0.1) is 23.7 Å². The summed E-state index contributed by atoms with van der Waals surface area (Å²) >= 11 is 1.58. The number of carbonyl (C=O) groups excluding carboxylic acids is 1. The summed E-state index contributed by atoms with van der Waals surface area (Å²) in [6, 6.07) is 0.171. The van der Waals surface area contributed by atoms with Crippen molar-refractivity contribution in [2.24, 2.45) is 11.1 Å². The number of amides is 1. The fourth-order valence-corrected chi connectivity index (χ4v) is 3.43. The Labute approximate surface area is 134 Å². The summed E-state index contributed by atoms with van der Waals surface area (Å²) in [5.74, 6) is 0.149. The van der Waals surface area contributed by atoms with Crippen LogP contribution >= 0.6 is 23.7 Å². The molecule has 1 fully saturated rings. The topological polar surface area (TPSA) is 63.6 Å². The van der Waals surface area contributed by atoms with Gasteiger partial charge in [0, 0.05) is 36.9 Å². The highest BCUT2D eigenvalue weighted by molar-refractivity contribution is 7.15. The molecule has 0 aliphatic carbocycles. The van der Waals surface area contributed by atoms with Gasteiger partial charge in [0.15, 0.2) is 4.96 Å². The van der Waals surface area contributed by atoms with Gasteiger partial charge in [0.2, 0.25) is 5.91 Å². The van der Waals surface area contributed by atoms with E-state index in [0.717, 1.165) is 30.2 Å². The molecule has 0 saturated carbocycles. The summed E-state index contributed by atoms with van der Waals surface area (Å²) in [6.45, 7) is 5.74. The van der Waals surface area contributed by atoms with E-state index in [1.165, 1.54) is 0 Å². The maximum absolute atomic E-state index is 12.4. The highest BCUT2D eigenvalue weighted by atomic mass is 35.5. The zero-order chi connectivity index (χ0) is 14.3. The van der Waals surface area contributed by atoms with Crippen LogP contribution in [0.15, 0.2) is 17.8 Å². The van der Waals surface area contributed by atoms with E-state index in [1.807, 2.05) is 27.1 Å². The van der Waals surface area contributed by atoms with Crippen LogP contribution in [0, 0.1) is 5.41 Å². The lowest BCUT2D eigenvalue weighted by atomic mass is 9.79. The molecule has 0 bridgehead atoms. The van der Waals surface area contributed by atoms with Gasteiger partial charge in [0.25, 0.3) is 0 Å². The predicted octanol–water partition coefficient (Wildman–Crippen LogP) is 1.95. The molecule has 2 aromatic heterocycles. The van der Waals surface area contributed by atoms with Gasteiger partial charge < -0.3 is 10.6 Å². The van der Waals surface area contributed by atoms with Crippen molar-refractivity contribution in [1.82, 2.24) is 14.3 Å².